The van der Waals surface area contributed by atoms with Crippen LogP contribution < -0.4 is 10.0 Å². The first-order valence-electron chi connectivity index (χ1n) is 8.88. The number of amides is 1. The first-order valence-corrected chi connectivity index (χ1v) is 11.7. The van der Waals surface area contributed by atoms with Crippen LogP contribution in [-0.2, 0) is 14.8 Å². The molecule has 0 aliphatic rings. The number of oxazole rings is 1. The predicted molar refractivity (Wildman–Crippen MR) is 115 cm³/mol. The average Bonchev–Trinajstić information content (AvgIpc) is 3.10. The normalized spacial score (nSPS) is 12.7. The lowest BCUT2D eigenvalue weighted by molar-refractivity contribution is -0.119. The molecule has 2 N–H and O–H groups in total. The van der Waals surface area contributed by atoms with E-state index in [1.807, 2.05) is 13.8 Å². The van der Waals surface area contributed by atoms with Crippen molar-refractivity contribution in [2.24, 2.45) is 0 Å². The van der Waals surface area contributed by atoms with Crippen LogP contribution in [0.2, 0.25) is 5.02 Å². The smallest absolute Gasteiger partial charge is 0.262 e. The molecular weight excluding hydrogens is 434 g/mol. The number of anilines is 1. The number of carbonyl (C=O) groups excluding carboxylic acids is 1. The van der Waals surface area contributed by atoms with Crippen molar-refractivity contribution in [3.63, 3.8) is 0 Å². The van der Waals surface area contributed by atoms with Crippen molar-refractivity contribution in [3.8, 4) is 0 Å². The van der Waals surface area contributed by atoms with Crippen molar-refractivity contribution >= 4 is 56.1 Å². The predicted octanol–water partition coefficient (Wildman–Crippen LogP) is 4.29. The van der Waals surface area contributed by atoms with Crippen LogP contribution in [0, 0.1) is 0 Å². The molecule has 0 saturated heterocycles. The Morgan fingerprint density at radius 3 is 2.76 bits per heavy atom. The molecule has 0 saturated carbocycles. The molecule has 0 spiro atoms. The highest BCUT2D eigenvalue weighted by Gasteiger charge is 2.18. The number of fused-ring (bicyclic) bond motifs is 1. The minimum absolute atomic E-state index is 0.0205. The molecule has 0 radical (unpaired) electrons. The molecule has 10 heteroatoms. The van der Waals surface area contributed by atoms with E-state index in [2.05, 4.69) is 15.0 Å². The second-order valence-electron chi connectivity index (χ2n) is 6.36. The van der Waals surface area contributed by atoms with Crippen LogP contribution in [-0.4, -0.2) is 31.1 Å². The summed E-state index contributed by atoms with van der Waals surface area (Å²) in [6.07, 6.45) is 0.846. The van der Waals surface area contributed by atoms with Crippen LogP contribution in [0.1, 0.15) is 20.3 Å². The molecule has 29 heavy (non-hydrogen) atoms. The fraction of sp³-hybridized carbons (Fsp3) is 0.263. The zero-order valence-electron chi connectivity index (χ0n) is 15.8. The van der Waals surface area contributed by atoms with Gasteiger partial charge in [-0.2, -0.15) is 0 Å². The molecule has 1 atom stereocenters. The fourth-order valence-corrected chi connectivity index (χ4v) is 4.39. The van der Waals surface area contributed by atoms with Gasteiger partial charge in [0.15, 0.2) is 5.58 Å². The van der Waals surface area contributed by atoms with Gasteiger partial charge in [0.05, 0.1) is 21.4 Å². The minimum Gasteiger partial charge on any atom is -0.431 e. The van der Waals surface area contributed by atoms with Crippen molar-refractivity contribution in [1.82, 2.24) is 10.3 Å². The van der Waals surface area contributed by atoms with E-state index >= 15 is 0 Å². The van der Waals surface area contributed by atoms with Crippen molar-refractivity contribution in [1.29, 1.82) is 0 Å². The zero-order chi connectivity index (χ0) is 21.0. The standard InChI is InChI=1S/C19H20ClN3O4S2/c1-3-12(2)21-18(24)11-28-19-22-16-9-8-13(10-17(16)27-19)29(25,26)23-15-7-5-4-6-14(15)20/h4-10,12,23H,3,11H2,1-2H3,(H,21,24)/t12-/m1/s1. The van der Waals surface area contributed by atoms with Crippen molar-refractivity contribution in [2.45, 2.75) is 36.4 Å². The van der Waals surface area contributed by atoms with Crippen LogP contribution in [0.15, 0.2) is 57.0 Å². The van der Waals surface area contributed by atoms with Crippen molar-refractivity contribution in [2.75, 3.05) is 10.5 Å². The van der Waals surface area contributed by atoms with Gasteiger partial charge in [0, 0.05) is 12.1 Å². The van der Waals surface area contributed by atoms with E-state index in [0.717, 1.165) is 18.2 Å². The number of para-hydroxylation sites is 1. The topological polar surface area (TPSA) is 101 Å². The Hall–Kier alpha value is -2.23. The highest BCUT2D eigenvalue weighted by molar-refractivity contribution is 7.99. The molecule has 2 aromatic carbocycles. The van der Waals surface area contributed by atoms with E-state index in [1.165, 1.54) is 12.1 Å². The summed E-state index contributed by atoms with van der Waals surface area (Å²) in [5.74, 6) is 0.0509. The first-order chi connectivity index (χ1) is 13.8. The third-order valence-corrected chi connectivity index (χ3v) is 6.64. The van der Waals surface area contributed by atoms with Crippen LogP contribution in [0.5, 0.6) is 0 Å². The van der Waals surface area contributed by atoms with E-state index in [0.29, 0.717) is 21.3 Å². The Balaban J connectivity index is 1.75. The highest BCUT2D eigenvalue weighted by Crippen LogP contribution is 2.28. The van der Waals surface area contributed by atoms with Gasteiger partial charge >= 0.3 is 0 Å². The van der Waals surface area contributed by atoms with Gasteiger partial charge in [0.1, 0.15) is 5.52 Å². The molecule has 1 heterocycles. The molecule has 0 aliphatic carbocycles. The maximum atomic E-state index is 12.7. The lowest BCUT2D eigenvalue weighted by atomic mass is 10.3. The molecule has 0 bridgehead atoms. The maximum absolute atomic E-state index is 12.7. The SMILES string of the molecule is CC[C@@H](C)NC(=O)CSc1nc2ccc(S(=O)(=O)Nc3ccccc3Cl)cc2o1. The Morgan fingerprint density at radius 2 is 2.03 bits per heavy atom. The van der Waals surface area contributed by atoms with Gasteiger partial charge in [-0.3, -0.25) is 9.52 Å². The number of halogens is 1. The molecule has 7 nitrogen and oxygen atoms in total. The number of hydrogen-bond acceptors (Lipinski definition) is 6. The number of aromatic nitrogens is 1. The first kappa shape index (κ1) is 21.5. The summed E-state index contributed by atoms with van der Waals surface area (Å²) in [7, 11) is -3.85. The fourth-order valence-electron chi connectivity index (χ4n) is 2.41. The minimum atomic E-state index is -3.85. The third-order valence-electron chi connectivity index (χ3n) is 4.12. The van der Waals surface area contributed by atoms with Crippen molar-refractivity contribution in [3.05, 3.63) is 47.5 Å². The van der Waals surface area contributed by atoms with E-state index in [9.17, 15) is 13.2 Å². The summed E-state index contributed by atoms with van der Waals surface area (Å²) >= 11 is 7.18. The number of benzene rings is 2. The summed E-state index contributed by atoms with van der Waals surface area (Å²) < 4.78 is 33.4. The molecule has 3 rings (SSSR count). The van der Waals surface area contributed by atoms with Gasteiger partial charge in [-0.1, -0.05) is 42.4 Å². The number of nitrogens with zero attached hydrogens (tertiary/aromatic N) is 1. The summed E-state index contributed by atoms with van der Waals surface area (Å²) in [4.78, 5) is 16.2. The Bertz CT molecular complexity index is 1130. The van der Waals surface area contributed by atoms with Gasteiger partial charge in [0.25, 0.3) is 15.2 Å². The molecule has 0 unspecified atom stereocenters. The summed E-state index contributed by atoms with van der Waals surface area (Å²) in [6.45, 7) is 3.92. The molecule has 154 valence electrons. The number of thioether (sulfide) groups is 1. The van der Waals surface area contributed by atoms with E-state index < -0.39 is 10.0 Å². The monoisotopic (exact) mass is 453 g/mol. The largest absolute Gasteiger partial charge is 0.431 e. The third kappa shape index (κ3) is 5.43. The quantitative estimate of drug-likeness (QED) is 0.493. The average molecular weight is 454 g/mol. The molecular formula is C19H20ClN3O4S2. The highest BCUT2D eigenvalue weighted by atomic mass is 35.5. The molecule has 1 amide bonds. The van der Waals surface area contributed by atoms with Gasteiger partial charge in [-0.05, 0) is 37.6 Å². The van der Waals surface area contributed by atoms with Crippen LogP contribution in [0.4, 0.5) is 5.69 Å². The second kappa shape index (κ2) is 9.06. The van der Waals surface area contributed by atoms with Crippen molar-refractivity contribution < 1.29 is 17.6 Å². The molecule has 1 aromatic heterocycles. The van der Waals surface area contributed by atoms with E-state index in [4.69, 9.17) is 16.0 Å². The lowest BCUT2D eigenvalue weighted by Gasteiger charge is -2.09. The van der Waals surface area contributed by atoms with Gasteiger partial charge in [-0.15, -0.1) is 0 Å². The molecule has 0 fully saturated rings. The van der Waals surface area contributed by atoms with Crippen LogP contribution in [0.25, 0.3) is 11.1 Å². The Kier molecular flexibility index (Phi) is 6.71. The number of hydrogen-bond donors (Lipinski definition) is 2. The second-order valence-corrected chi connectivity index (χ2v) is 9.38. The maximum Gasteiger partial charge on any atom is 0.262 e. The summed E-state index contributed by atoms with van der Waals surface area (Å²) in [5.41, 5.74) is 1.11. The number of rotatable bonds is 8. The van der Waals surface area contributed by atoms with E-state index in [1.54, 1.807) is 30.3 Å². The number of sulfonamides is 1. The Morgan fingerprint density at radius 1 is 1.28 bits per heavy atom. The Labute approximate surface area is 178 Å². The zero-order valence-corrected chi connectivity index (χ0v) is 18.2. The van der Waals surface area contributed by atoms with Gasteiger partial charge in [0.2, 0.25) is 5.91 Å². The lowest BCUT2D eigenvalue weighted by Crippen LogP contribution is -2.33. The number of nitrogens with one attached hydrogen (secondary N) is 2. The summed E-state index contributed by atoms with van der Waals surface area (Å²) in [5, 5.41) is 3.46. The van der Waals surface area contributed by atoms with Gasteiger partial charge in [-0.25, -0.2) is 13.4 Å². The number of carbonyl (C=O) groups is 1. The molecule has 0 aliphatic heterocycles. The van der Waals surface area contributed by atoms with Crippen LogP contribution >= 0.6 is 23.4 Å². The van der Waals surface area contributed by atoms with E-state index in [-0.39, 0.29) is 28.3 Å². The summed E-state index contributed by atoms with van der Waals surface area (Å²) in [6, 6.07) is 11.1. The molecule has 3 aromatic rings. The van der Waals surface area contributed by atoms with Gasteiger partial charge < -0.3 is 9.73 Å². The van der Waals surface area contributed by atoms with Crippen LogP contribution in [0.3, 0.4) is 0 Å².